The van der Waals surface area contributed by atoms with E-state index in [0.717, 1.165) is 0 Å². The Morgan fingerprint density at radius 1 is 1.17 bits per heavy atom. The fourth-order valence-electron chi connectivity index (χ4n) is 3.30. The van der Waals surface area contributed by atoms with Gasteiger partial charge in [-0.25, -0.2) is 13.8 Å². The van der Waals surface area contributed by atoms with Crippen LogP contribution < -0.4 is 14.9 Å². The van der Waals surface area contributed by atoms with Crippen LogP contribution in [0.5, 0.6) is 11.5 Å². The first kappa shape index (κ1) is 20.9. The maximum atomic E-state index is 12.9. The Kier molecular flexibility index (Phi) is 5.88. The molecule has 1 amide bonds. The molecule has 0 saturated carbocycles. The second-order valence-electron chi connectivity index (χ2n) is 6.69. The molecule has 0 unspecified atom stereocenters. The summed E-state index contributed by atoms with van der Waals surface area (Å²) in [5.74, 6) is 0.552. The molecule has 0 aromatic heterocycles. The van der Waals surface area contributed by atoms with Crippen molar-refractivity contribution in [2.75, 3.05) is 13.3 Å². The molecular weight excluding hydrogens is 453 g/mol. The summed E-state index contributed by atoms with van der Waals surface area (Å²) in [6, 6.07) is 8.24. The van der Waals surface area contributed by atoms with Crippen LogP contribution in [0.25, 0.3) is 0 Å². The van der Waals surface area contributed by atoms with Gasteiger partial charge in [0.15, 0.2) is 11.5 Å². The average molecular weight is 470 g/mol. The van der Waals surface area contributed by atoms with Gasteiger partial charge in [-0.15, -0.1) is 0 Å². The van der Waals surface area contributed by atoms with Crippen molar-refractivity contribution >= 4 is 45.3 Å². The van der Waals surface area contributed by atoms with Crippen molar-refractivity contribution in [3.05, 3.63) is 52.0 Å². The van der Waals surface area contributed by atoms with Gasteiger partial charge in [0.1, 0.15) is 6.04 Å². The number of rotatable bonds is 5. The molecule has 0 radical (unpaired) electrons. The smallest absolute Gasteiger partial charge is 0.258 e. The number of amides is 1. The Morgan fingerprint density at radius 3 is 2.60 bits per heavy atom. The number of carbonyl (C=O) groups excluding carboxylic acids is 1. The lowest BCUT2D eigenvalue weighted by molar-refractivity contribution is -0.124. The molecule has 2 aromatic rings. The van der Waals surface area contributed by atoms with Crippen molar-refractivity contribution in [2.24, 2.45) is 5.10 Å². The Morgan fingerprint density at radius 2 is 1.87 bits per heavy atom. The zero-order valence-corrected chi connectivity index (χ0v) is 17.9. The summed E-state index contributed by atoms with van der Waals surface area (Å²) in [4.78, 5) is 12.7. The SMILES string of the molecule is O=C(N/N=C\c1cc2c(cc1Cl)OCO2)[C@@H]1CCCN1S(=O)(=O)c1ccc(Cl)cc1. The Balaban J connectivity index is 1.46. The third-order valence-electron chi connectivity index (χ3n) is 4.80. The van der Waals surface area contributed by atoms with Crippen LogP contribution in [0.2, 0.25) is 10.0 Å². The van der Waals surface area contributed by atoms with Crippen molar-refractivity contribution in [1.29, 1.82) is 0 Å². The third-order valence-corrected chi connectivity index (χ3v) is 7.30. The summed E-state index contributed by atoms with van der Waals surface area (Å²) in [6.07, 6.45) is 2.34. The number of carbonyl (C=O) groups is 1. The molecule has 8 nitrogen and oxygen atoms in total. The van der Waals surface area contributed by atoms with Gasteiger partial charge in [0.05, 0.1) is 16.1 Å². The summed E-state index contributed by atoms with van der Waals surface area (Å²) in [5, 5.41) is 4.74. The molecule has 0 aliphatic carbocycles. The summed E-state index contributed by atoms with van der Waals surface area (Å²) in [7, 11) is -3.83. The molecule has 0 spiro atoms. The van der Waals surface area contributed by atoms with E-state index in [1.807, 2.05) is 0 Å². The number of fused-ring (bicyclic) bond motifs is 1. The minimum Gasteiger partial charge on any atom is -0.454 e. The van der Waals surface area contributed by atoms with Gasteiger partial charge in [0.25, 0.3) is 5.91 Å². The van der Waals surface area contributed by atoms with Gasteiger partial charge in [-0.1, -0.05) is 23.2 Å². The van der Waals surface area contributed by atoms with Gasteiger partial charge in [0.2, 0.25) is 16.8 Å². The molecular formula is C19H17Cl2N3O5S. The molecule has 1 saturated heterocycles. The van der Waals surface area contributed by atoms with E-state index in [1.165, 1.54) is 34.8 Å². The van der Waals surface area contributed by atoms with E-state index in [0.29, 0.717) is 39.9 Å². The average Bonchev–Trinajstić information content (AvgIpc) is 3.38. The number of halogens is 2. The molecule has 1 fully saturated rings. The van der Waals surface area contributed by atoms with Crippen molar-refractivity contribution in [2.45, 2.75) is 23.8 Å². The highest BCUT2D eigenvalue weighted by Crippen LogP contribution is 2.36. The molecule has 0 bridgehead atoms. The fraction of sp³-hybridized carbons (Fsp3) is 0.263. The van der Waals surface area contributed by atoms with Crippen LogP contribution in [-0.4, -0.2) is 44.2 Å². The van der Waals surface area contributed by atoms with Crippen molar-refractivity contribution in [3.8, 4) is 11.5 Å². The highest BCUT2D eigenvalue weighted by atomic mass is 35.5. The first-order valence-electron chi connectivity index (χ1n) is 9.06. The highest BCUT2D eigenvalue weighted by Gasteiger charge is 2.39. The zero-order valence-electron chi connectivity index (χ0n) is 15.5. The van der Waals surface area contributed by atoms with Crippen molar-refractivity contribution in [3.63, 3.8) is 0 Å². The van der Waals surface area contributed by atoms with Crippen LogP contribution in [0.15, 0.2) is 46.4 Å². The van der Waals surface area contributed by atoms with E-state index in [1.54, 1.807) is 12.1 Å². The topological polar surface area (TPSA) is 97.3 Å². The number of hydrogen-bond donors (Lipinski definition) is 1. The number of ether oxygens (including phenoxy) is 2. The number of sulfonamides is 1. The molecule has 158 valence electrons. The Bertz CT molecular complexity index is 1110. The van der Waals surface area contributed by atoms with Crippen LogP contribution in [0.4, 0.5) is 0 Å². The van der Waals surface area contributed by atoms with Crippen LogP contribution in [0.1, 0.15) is 18.4 Å². The van der Waals surface area contributed by atoms with Crippen LogP contribution >= 0.6 is 23.2 Å². The predicted octanol–water partition coefficient (Wildman–Crippen LogP) is 3.03. The lowest BCUT2D eigenvalue weighted by atomic mass is 10.2. The van der Waals surface area contributed by atoms with Crippen molar-refractivity contribution in [1.82, 2.24) is 9.73 Å². The van der Waals surface area contributed by atoms with E-state index in [4.69, 9.17) is 32.7 Å². The van der Waals surface area contributed by atoms with E-state index >= 15 is 0 Å². The number of nitrogens with one attached hydrogen (secondary N) is 1. The summed E-state index contributed by atoms with van der Waals surface area (Å²) < 4.78 is 37.6. The standard InChI is InChI=1S/C19H17Cl2N3O5S/c20-13-3-5-14(6-4-13)30(26,27)24-7-1-2-16(24)19(25)23-22-10-12-8-17-18(9-15(12)21)29-11-28-17/h3-6,8-10,16H,1-2,7,11H2,(H,23,25)/b22-10-/t16-/m0/s1. The number of hydrazone groups is 1. The Hall–Kier alpha value is -2.33. The van der Waals surface area contributed by atoms with E-state index in [9.17, 15) is 13.2 Å². The lowest BCUT2D eigenvalue weighted by Crippen LogP contribution is -2.44. The van der Waals surface area contributed by atoms with Crippen LogP contribution in [0, 0.1) is 0 Å². The predicted molar refractivity (Wildman–Crippen MR) is 112 cm³/mol. The summed E-state index contributed by atoms with van der Waals surface area (Å²) >= 11 is 12.0. The maximum Gasteiger partial charge on any atom is 0.258 e. The normalized spacial score (nSPS) is 18.8. The molecule has 11 heteroatoms. The minimum atomic E-state index is -3.83. The second kappa shape index (κ2) is 8.43. The van der Waals surface area contributed by atoms with Crippen LogP contribution in [0.3, 0.4) is 0 Å². The van der Waals surface area contributed by atoms with Crippen molar-refractivity contribution < 1.29 is 22.7 Å². The first-order chi connectivity index (χ1) is 14.4. The highest BCUT2D eigenvalue weighted by molar-refractivity contribution is 7.89. The fourth-order valence-corrected chi connectivity index (χ4v) is 5.29. The zero-order chi connectivity index (χ0) is 21.3. The van der Waals surface area contributed by atoms with Crippen LogP contribution in [-0.2, 0) is 14.8 Å². The van der Waals surface area contributed by atoms with Gasteiger partial charge in [-0.3, -0.25) is 4.79 Å². The Labute approximate surface area is 183 Å². The van der Waals surface area contributed by atoms with Gasteiger partial charge >= 0.3 is 0 Å². The molecule has 2 heterocycles. The van der Waals surface area contributed by atoms with Gasteiger partial charge < -0.3 is 9.47 Å². The van der Waals surface area contributed by atoms with E-state index in [2.05, 4.69) is 10.5 Å². The molecule has 1 N–H and O–H groups in total. The molecule has 4 rings (SSSR count). The molecule has 2 aromatic carbocycles. The number of nitrogens with zero attached hydrogens (tertiary/aromatic N) is 2. The molecule has 2 aliphatic heterocycles. The first-order valence-corrected chi connectivity index (χ1v) is 11.3. The number of benzene rings is 2. The summed E-state index contributed by atoms with van der Waals surface area (Å²) in [6.45, 7) is 0.364. The van der Waals surface area contributed by atoms with E-state index in [-0.39, 0.29) is 18.2 Å². The quantitative estimate of drug-likeness (QED) is 0.535. The summed E-state index contributed by atoms with van der Waals surface area (Å²) in [5.41, 5.74) is 2.93. The maximum absolute atomic E-state index is 12.9. The molecule has 2 aliphatic rings. The van der Waals surface area contributed by atoms with E-state index < -0.39 is 22.0 Å². The third kappa shape index (κ3) is 4.11. The minimum absolute atomic E-state index is 0.0854. The lowest BCUT2D eigenvalue weighted by Gasteiger charge is -2.22. The van der Waals surface area contributed by atoms with Gasteiger partial charge in [0, 0.05) is 23.2 Å². The molecule has 1 atom stereocenters. The number of hydrogen-bond acceptors (Lipinski definition) is 6. The molecule has 30 heavy (non-hydrogen) atoms. The van der Waals surface area contributed by atoms with Gasteiger partial charge in [-0.2, -0.15) is 9.41 Å². The largest absolute Gasteiger partial charge is 0.454 e. The van der Waals surface area contributed by atoms with Gasteiger partial charge in [-0.05, 0) is 43.2 Å². The monoisotopic (exact) mass is 469 g/mol. The second-order valence-corrected chi connectivity index (χ2v) is 9.42.